The highest BCUT2D eigenvalue weighted by molar-refractivity contribution is 5.37. The van der Waals surface area contributed by atoms with Crippen LogP contribution in [0.25, 0.3) is 5.69 Å². The molecule has 23 heavy (non-hydrogen) atoms. The van der Waals surface area contributed by atoms with Gasteiger partial charge in [-0.2, -0.15) is 0 Å². The average molecular weight is 305 g/mol. The molecule has 1 aliphatic carbocycles. The summed E-state index contributed by atoms with van der Waals surface area (Å²) in [6, 6.07) is 16.7. The van der Waals surface area contributed by atoms with E-state index in [1.807, 2.05) is 22.9 Å². The minimum absolute atomic E-state index is 0.0134. The molecule has 1 aliphatic rings. The molecular formula is C19H19N3O. The zero-order valence-electron chi connectivity index (χ0n) is 12.8. The normalized spacial score (nSPS) is 19.7. The summed E-state index contributed by atoms with van der Waals surface area (Å²) in [6.07, 6.45) is 5.87. The van der Waals surface area contributed by atoms with Crippen LogP contribution < -0.4 is 5.32 Å². The Morgan fingerprint density at radius 2 is 1.96 bits per heavy atom. The van der Waals surface area contributed by atoms with Crippen LogP contribution >= 0.6 is 0 Å². The van der Waals surface area contributed by atoms with Gasteiger partial charge in [0.25, 0.3) is 0 Å². The molecule has 1 aromatic heterocycles. The monoisotopic (exact) mass is 305 g/mol. The fraction of sp³-hybridized carbons (Fsp3) is 0.211. The van der Waals surface area contributed by atoms with Crippen molar-refractivity contribution >= 4 is 0 Å². The highest BCUT2D eigenvalue weighted by atomic mass is 16.3. The SMILES string of the molecule is O[C@H]1Cc2ccccc2[C@H]1NCc1ccc(-n2ccnc2)cc1. The van der Waals surface area contributed by atoms with E-state index in [0.29, 0.717) is 0 Å². The average Bonchev–Trinajstić information content (AvgIpc) is 3.21. The first-order valence-electron chi connectivity index (χ1n) is 7.88. The zero-order valence-corrected chi connectivity index (χ0v) is 12.8. The lowest BCUT2D eigenvalue weighted by Gasteiger charge is -2.18. The second-order valence-electron chi connectivity index (χ2n) is 5.97. The third-order valence-electron chi connectivity index (χ3n) is 4.47. The summed E-state index contributed by atoms with van der Waals surface area (Å²) in [5, 5.41) is 13.8. The van der Waals surface area contributed by atoms with Crippen LogP contribution in [0.4, 0.5) is 0 Å². The Labute approximate surface area is 135 Å². The number of benzene rings is 2. The molecule has 0 radical (unpaired) electrons. The van der Waals surface area contributed by atoms with Crippen LogP contribution in [-0.2, 0) is 13.0 Å². The molecule has 0 saturated carbocycles. The first kappa shape index (κ1) is 14.2. The van der Waals surface area contributed by atoms with E-state index in [9.17, 15) is 5.11 Å². The molecule has 116 valence electrons. The topological polar surface area (TPSA) is 50.1 Å². The van der Waals surface area contributed by atoms with Crippen LogP contribution in [0.5, 0.6) is 0 Å². The Kier molecular flexibility index (Phi) is 3.69. The van der Waals surface area contributed by atoms with Crippen LogP contribution in [0.2, 0.25) is 0 Å². The van der Waals surface area contributed by atoms with Gasteiger partial charge in [0.1, 0.15) is 0 Å². The summed E-state index contributed by atoms with van der Waals surface area (Å²) in [6.45, 7) is 0.736. The van der Waals surface area contributed by atoms with Crippen LogP contribution in [0.3, 0.4) is 0 Å². The standard InChI is InChI=1S/C19H19N3O/c23-18-11-15-3-1-2-4-17(15)19(18)21-12-14-5-7-16(8-6-14)22-10-9-20-13-22/h1-10,13,18-19,21,23H,11-12H2/t18-,19+/m0/s1. The van der Waals surface area contributed by atoms with Crippen LogP contribution in [-0.4, -0.2) is 20.8 Å². The van der Waals surface area contributed by atoms with Gasteiger partial charge in [0.05, 0.1) is 18.5 Å². The fourth-order valence-electron chi connectivity index (χ4n) is 3.25. The van der Waals surface area contributed by atoms with Crippen molar-refractivity contribution in [1.82, 2.24) is 14.9 Å². The maximum Gasteiger partial charge on any atom is 0.0991 e. The Morgan fingerprint density at radius 3 is 2.74 bits per heavy atom. The number of hydrogen-bond acceptors (Lipinski definition) is 3. The molecule has 0 aliphatic heterocycles. The van der Waals surface area contributed by atoms with Crippen molar-refractivity contribution in [2.45, 2.75) is 25.1 Å². The second-order valence-corrected chi connectivity index (χ2v) is 5.97. The van der Waals surface area contributed by atoms with Gasteiger partial charge in [-0.1, -0.05) is 36.4 Å². The maximum absolute atomic E-state index is 10.3. The molecule has 4 nitrogen and oxygen atoms in total. The summed E-state index contributed by atoms with van der Waals surface area (Å²) in [5.74, 6) is 0. The Morgan fingerprint density at radius 1 is 1.13 bits per heavy atom. The quantitative estimate of drug-likeness (QED) is 0.779. The predicted molar refractivity (Wildman–Crippen MR) is 89.3 cm³/mol. The van der Waals surface area contributed by atoms with E-state index in [-0.39, 0.29) is 12.1 Å². The van der Waals surface area contributed by atoms with Gasteiger partial charge in [0.15, 0.2) is 0 Å². The van der Waals surface area contributed by atoms with Crippen molar-refractivity contribution in [2.24, 2.45) is 0 Å². The lowest BCUT2D eigenvalue weighted by atomic mass is 10.1. The fourth-order valence-corrected chi connectivity index (χ4v) is 3.25. The molecule has 3 aromatic rings. The van der Waals surface area contributed by atoms with Crippen molar-refractivity contribution in [2.75, 3.05) is 0 Å². The van der Waals surface area contributed by atoms with Crippen molar-refractivity contribution in [1.29, 1.82) is 0 Å². The highest BCUT2D eigenvalue weighted by Gasteiger charge is 2.29. The third kappa shape index (κ3) is 2.79. The first-order valence-corrected chi connectivity index (χ1v) is 7.88. The molecule has 0 spiro atoms. The van der Waals surface area contributed by atoms with Gasteiger partial charge in [-0.25, -0.2) is 4.98 Å². The van der Waals surface area contributed by atoms with Crippen LogP contribution in [0, 0.1) is 0 Å². The van der Waals surface area contributed by atoms with E-state index in [0.717, 1.165) is 18.7 Å². The highest BCUT2D eigenvalue weighted by Crippen LogP contribution is 2.31. The van der Waals surface area contributed by atoms with E-state index in [1.165, 1.54) is 16.7 Å². The Bertz CT molecular complexity index is 781. The number of hydrogen-bond donors (Lipinski definition) is 2. The number of imidazole rings is 1. The summed E-state index contributed by atoms with van der Waals surface area (Å²) in [7, 11) is 0. The Balaban J connectivity index is 1.45. The van der Waals surface area contributed by atoms with Crippen molar-refractivity contribution in [3.05, 3.63) is 83.9 Å². The number of nitrogens with zero attached hydrogens (tertiary/aromatic N) is 2. The van der Waals surface area contributed by atoms with E-state index in [1.54, 1.807) is 12.5 Å². The largest absolute Gasteiger partial charge is 0.391 e. The molecule has 4 rings (SSSR count). The van der Waals surface area contributed by atoms with Crippen LogP contribution in [0.1, 0.15) is 22.7 Å². The van der Waals surface area contributed by atoms with Gasteiger partial charge >= 0.3 is 0 Å². The molecule has 0 unspecified atom stereocenters. The molecular weight excluding hydrogens is 286 g/mol. The summed E-state index contributed by atoms with van der Waals surface area (Å²) >= 11 is 0. The van der Waals surface area contributed by atoms with Gasteiger partial charge < -0.3 is 15.0 Å². The maximum atomic E-state index is 10.3. The summed E-state index contributed by atoms with van der Waals surface area (Å²) in [4.78, 5) is 4.06. The molecule has 2 aromatic carbocycles. The van der Waals surface area contributed by atoms with E-state index in [2.05, 4.69) is 46.7 Å². The number of nitrogens with one attached hydrogen (secondary N) is 1. The third-order valence-corrected chi connectivity index (χ3v) is 4.47. The molecule has 2 N–H and O–H groups in total. The molecule has 2 atom stereocenters. The molecule has 0 fully saturated rings. The van der Waals surface area contributed by atoms with Gasteiger partial charge in [-0.3, -0.25) is 0 Å². The van der Waals surface area contributed by atoms with Crippen molar-refractivity contribution in [3.63, 3.8) is 0 Å². The van der Waals surface area contributed by atoms with E-state index < -0.39 is 0 Å². The molecule has 0 saturated heterocycles. The zero-order chi connectivity index (χ0) is 15.6. The summed E-state index contributed by atoms with van der Waals surface area (Å²) in [5.41, 5.74) is 4.76. The number of aliphatic hydroxyl groups excluding tert-OH is 1. The van der Waals surface area contributed by atoms with E-state index in [4.69, 9.17) is 0 Å². The number of aromatic nitrogens is 2. The second kappa shape index (κ2) is 5.99. The van der Waals surface area contributed by atoms with Crippen LogP contribution in [0.15, 0.2) is 67.3 Å². The predicted octanol–water partition coefficient (Wildman–Crippen LogP) is 2.62. The lowest BCUT2D eigenvalue weighted by Crippen LogP contribution is -2.28. The molecule has 4 heteroatoms. The molecule has 0 bridgehead atoms. The minimum Gasteiger partial charge on any atom is -0.391 e. The van der Waals surface area contributed by atoms with Crippen molar-refractivity contribution < 1.29 is 5.11 Å². The Hall–Kier alpha value is -2.43. The minimum atomic E-state index is -0.349. The smallest absolute Gasteiger partial charge is 0.0991 e. The van der Waals surface area contributed by atoms with Gasteiger partial charge in [0.2, 0.25) is 0 Å². The van der Waals surface area contributed by atoms with Gasteiger partial charge in [-0.05, 0) is 28.8 Å². The first-order chi connectivity index (χ1) is 11.3. The molecule has 0 amide bonds. The van der Waals surface area contributed by atoms with E-state index >= 15 is 0 Å². The number of fused-ring (bicyclic) bond motifs is 1. The van der Waals surface area contributed by atoms with Gasteiger partial charge in [-0.15, -0.1) is 0 Å². The molecule has 1 heterocycles. The van der Waals surface area contributed by atoms with Gasteiger partial charge in [0, 0.05) is 31.0 Å². The lowest BCUT2D eigenvalue weighted by molar-refractivity contribution is 0.140. The summed E-state index contributed by atoms with van der Waals surface area (Å²) < 4.78 is 1.98. The van der Waals surface area contributed by atoms with Crippen molar-refractivity contribution in [3.8, 4) is 5.69 Å². The number of rotatable bonds is 4. The number of aliphatic hydroxyl groups is 1.